The van der Waals surface area contributed by atoms with E-state index >= 15 is 0 Å². The number of carbonyl (C=O) groups excluding carboxylic acids is 1. The maximum Gasteiger partial charge on any atom is 0.412 e. The van der Waals surface area contributed by atoms with E-state index in [2.05, 4.69) is 15.5 Å². The Labute approximate surface area is 149 Å². The second kappa shape index (κ2) is 8.06. The second-order valence-corrected chi connectivity index (χ2v) is 6.17. The van der Waals surface area contributed by atoms with Crippen LogP contribution in [0.25, 0.3) is 0 Å². The number of oxime groups is 1. The average Bonchev–Trinajstić information content (AvgIpc) is 2.55. The number of amides is 1. The average molecular weight is 358 g/mol. The summed E-state index contributed by atoms with van der Waals surface area (Å²) in [5.74, 6) is 0.336. The van der Waals surface area contributed by atoms with E-state index < -0.39 is 16.6 Å². The highest BCUT2D eigenvalue weighted by Crippen LogP contribution is 2.18. The monoisotopic (exact) mass is 358 g/mol. The van der Waals surface area contributed by atoms with Crippen LogP contribution in [0.1, 0.15) is 26.3 Å². The molecule has 0 aliphatic heterocycles. The predicted octanol–water partition coefficient (Wildman–Crippen LogP) is 3.75. The third-order valence-corrected chi connectivity index (χ3v) is 2.89. The molecular formula is C17H18N4O5. The first-order chi connectivity index (χ1) is 12.2. The van der Waals surface area contributed by atoms with Crippen LogP contribution < -0.4 is 10.2 Å². The van der Waals surface area contributed by atoms with Gasteiger partial charge in [-0.15, -0.1) is 0 Å². The lowest BCUT2D eigenvalue weighted by molar-refractivity contribution is -0.384. The zero-order valence-corrected chi connectivity index (χ0v) is 14.5. The van der Waals surface area contributed by atoms with Crippen LogP contribution in [-0.4, -0.2) is 27.8 Å². The van der Waals surface area contributed by atoms with Crippen molar-refractivity contribution in [3.63, 3.8) is 0 Å². The summed E-state index contributed by atoms with van der Waals surface area (Å²) in [5.41, 5.74) is 0.282. The lowest BCUT2D eigenvalue weighted by atomic mass is 10.2. The molecule has 0 fully saturated rings. The number of benzene rings is 1. The molecule has 1 amide bonds. The summed E-state index contributed by atoms with van der Waals surface area (Å²) in [6, 6.07) is 7.12. The standard InChI is InChI=1S/C17H18N4O5/c1-17(2,3)25-16(22)20-15-11-18-9-8-12(15)10-19-26-14-6-4-13(5-7-14)21(23)24/h4-11H,1-3H3,(H,20,22)/b19-10-. The van der Waals surface area contributed by atoms with E-state index in [4.69, 9.17) is 9.57 Å². The maximum absolute atomic E-state index is 11.9. The highest BCUT2D eigenvalue weighted by atomic mass is 16.6. The minimum atomic E-state index is -0.625. The van der Waals surface area contributed by atoms with Crippen molar-refractivity contribution in [1.82, 2.24) is 4.98 Å². The molecule has 1 N–H and O–H groups in total. The summed E-state index contributed by atoms with van der Waals surface area (Å²) in [6.07, 6.45) is 3.76. The van der Waals surface area contributed by atoms with Gasteiger partial charge >= 0.3 is 6.09 Å². The molecule has 0 unspecified atom stereocenters. The highest BCUT2D eigenvalue weighted by molar-refractivity contribution is 5.94. The molecule has 0 saturated heterocycles. The summed E-state index contributed by atoms with van der Waals surface area (Å²) < 4.78 is 5.19. The van der Waals surface area contributed by atoms with Crippen LogP contribution in [0.2, 0.25) is 0 Å². The molecule has 9 nitrogen and oxygen atoms in total. The number of nitrogens with one attached hydrogen (secondary N) is 1. The number of carbonyl (C=O) groups is 1. The number of ether oxygens (including phenoxy) is 1. The number of rotatable bonds is 5. The Morgan fingerprint density at radius 3 is 2.58 bits per heavy atom. The zero-order valence-electron chi connectivity index (χ0n) is 14.5. The molecule has 0 aliphatic carbocycles. The molecule has 1 aromatic heterocycles. The van der Waals surface area contributed by atoms with E-state index in [1.54, 1.807) is 26.8 Å². The van der Waals surface area contributed by atoms with Gasteiger partial charge in [-0.05, 0) is 39.0 Å². The summed E-state index contributed by atoms with van der Waals surface area (Å²) in [5, 5.41) is 17.0. The van der Waals surface area contributed by atoms with E-state index in [0.717, 1.165) is 0 Å². The van der Waals surface area contributed by atoms with Crippen LogP contribution in [-0.2, 0) is 4.74 Å². The first kappa shape index (κ1) is 18.8. The van der Waals surface area contributed by atoms with Crippen LogP contribution in [0.4, 0.5) is 16.2 Å². The topological polar surface area (TPSA) is 116 Å². The Bertz CT molecular complexity index is 813. The predicted molar refractivity (Wildman–Crippen MR) is 95.4 cm³/mol. The molecule has 9 heteroatoms. The summed E-state index contributed by atoms with van der Waals surface area (Å²) in [4.78, 5) is 31.1. The Kier molecular flexibility index (Phi) is 5.84. The van der Waals surface area contributed by atoms with Crippen molar-refractivity contribution < 1.29 is 19.3 Å². The summed E-state index contributed by atoms with van der Waals surface area (Å²) in [7, 11) is 0. The number of anilines is 1. The number of non-ortho nitro benzene ring substituents is 1. The van der Waals surface area contributed by atoms with Gasteiger partial charge in [-0.1, -0.05) is 5.16 Å². The molecule has 0 bridgehead atoms. The number of nitro benzene ring substituents is 1. The smallest absolute Gasteiger partial charge is 0.412 e. The van der Waals surface area contributed by atoms with Gasteiger partial charge in [-0.3, -0.25) is 20.4 Å². The minimum absolute atomic E-state index is 0.0423. The molecule has 1 aromatic carbocycles. The number of hydrogen-bond acceptors (Lipinski definition) is 7. The maximum atomic E-state index is 11.9. The fourth-order valence-electron chi connectivity index (χ4n) is 1.81. The van der Waals surface area contributed by atoms with Gasteiger partial charge in [0, 0.05) is 23.9 Å². The van der Waals surface area contributed by atoms with Gasteiger partial charge in [0.25, 0.3) is 5.69 Å². The first-order valence-electron chi connectivity index (χ1n) is 7.63. The number of nitro groups is 1. The molecule has 0 atom stereocenters. The van der Waals surface area contributed by atoms with Gasteiger partial charge in [0.1, 0.15) is 5.60 Å². The van der Waals surface area contributed by atoms with Crippen molar-refractivity contribution >= 4 is 23.7 Å². The van der Waals surface area contributed by atoms with Crippen molar-refractivity contribution in [2.75, 3.05) is 5.32 Å². The molecule has 0 radical (unpaired) electrons. The molecule has 0 aliphatic rings. The Morgan fingerprint density at radius 2 is 1.96 bits per heavy atom. The van der Waals surface area contributed by atoms with E-state index in [-0.39, 0.29) is 5.69 Å². The van der Waals surface area contributed by atoms with Crippen molar-refractivity contribution in [2.45, 2.75) is 26.4 Å². The molecule has 2 rings (SSSR count). The minimum Gasteiger partial charge on any atom is -0.444 e. The largest absolute Gasteiger partial charge is 0.444 e. The third-order valence-electron chi connectivity index (χ3n) is 2.89. The van der Waals surface area contributed by atoms with Gasteiger partial charge in [0.05, 0.1) is 23.0 Å². The van der Waals surface area contributed by atoms with Gasteiger partial charge in [-0.2, -0.15) is 0 Å². The van der Waals surface area contributed by atoms with E-state index in [0.29, 0.717) is 17.0 Å². The van der Waals surface area contributed by atoms with E-state index in [9.17, 15) is 14.9 Å². The molecule has 0 spiro atoms. The van der Waals surface area contributed by atoms with Crippen LogP contribution in [0.3, 0.4) is 0 Å². The Hall–Kier alpha value is -3.49. The fourth-order valence-corrected chi connectivity index (χ4v) is 1.81. The lowest BCUT2D eigenvalue weighted by Crippen LogP contribution is -2.27. The van der Waals surface area contributed by atoms with Crippen molar-refractivity contribution in [2.24, 2.45) is 5.16 Å². The van der Waals surface area contributed by atoms with Gasteiger partial charge in [0.15, 0.2) is 5.75 Å². The van der Waals surface area contributed by atoms with Gasteiger partial charge in [-0.25, -0.2) is 4.79 Å². The highest BCUT2D eigenvalue weighted by Gasteiger charge is 2.17. The number of pyridine rings is 1. The SMILES string of the molecule is CC(C)(C)OC(=O)Nc1cnccc1/C=N\Oc1ccc([N+](=O)[O-])cc1. The van der Waals surface area contributed by atoms with Crippen molar-refractivity contribution in [1.29, 1.82) is 0 Å². The number of hydrogen-bond donors (Lipinski definition) is 1. The molecule has 1 heterocycles. The van der Waals surface area contributed by atoms with E-state index in [1.165, 1.54) is 42.9 Å². The fraction of sp³-hybridized carbons (Fsp3) is 0.235. The Morgan fingerprint density at radius 1 is 1.27 bits per heavy atom. The number of nitrogens with zero attached hydrogens (tertiary/aromatic N) is 3. The van der Waals surface area contributed by atoms with Crippen LogP contribution in [0, 0.1) is 10.1 Å². The zero-order chi connectivity index (χ0) is 19.2. The molecule has 2 aromatic rings. The van der Waals surface area contributed by atoms with E-state index in [1.807, 2.05) is 0 Å². The normalized spacial score (nSPS) is 11.2. The quantitative estimate of drug-likeness (QED) is 0.494. The third kappa shape index (κ3) is 5.86. The number of aromatic nitrogens is 1. The molecule has 26 heavy (non-hydrogen) atoms. The summed E-state index contributed by atoms with van der Waals surface area (Å²) >= 11 is 0. The van der Waals surface area contributed by atoms with Gasteiger partial charge < -0.3 is 9.57 Å². The van der Waals surface area contributed by atoms with Crippen LogP contribution in [0.15, 0.2) is 47.9 Å². The molecular weight excluding hydrogens is 340 g/mol. The summed E-state index contributed by atoms with van der Waals surface area (Å²) in [6.45, 7) is 5.28. The Balaban J connectivity index is 2.04. The van der Waals surface area contributed by atoms with Gasteiger partial charge in [0.2, 0.25) is 0 Å². The van der Waals surface area contributed by atoms with Crippen LogP contribution in [0.5, 0.6) is 5.75 Å². The van der Waals surface area contributed by atoms with Crippen molar-refractivity contribution in [3.05, 3.63) is 58.4 Å². The molecule has 0 saturated carbocycles. The lowest BCUT2D eigenvalue weighted by Gasteiger charge is -2.19. The van der Waals surface area contributed by atoms with Crippen LogP contribution >= 0.6 is 0 Å². The first-order valence-corrected chi connectivity index (χ1v) is 7.63. The second-order valence-electron chi connectivity index (χ2n) is 6.17. The molecule has 136 valence electrons. The van der Waals surface area contributed by atoms with Crippen molar-refractivity contribution in [3.8, 4) is 5.75 Å².